The van der Waals surface area contributed by atoms with Crippen LogP contribution in [0.15, 0.2) is 66.4 Å². The first-order valence-electron chi connectivity index (χ1n) is 7.28. The number of allylic oxidation sites excluding steroid dienone is 7. The standard InChI is InChI=1S/C18H25NO/c1-4-6-7-8-12-17(19-20)13-15-18(3)14-10-9-11-16(18)5-2/h4-5,9-11,13,15,17H,1-2,6-8,12,14H2,3H3/b15-13+/t17?,18-/m1/s1. The van der Waals surface area contributed by atoms with Crippen LogP contribution >= 0.6 is 0 Å². The molecule has 0 N–H and O–H groups in total. The van der Waals surface area contributed by atoms with Crippen LogP contribution in [0, 0.1) is 10.3 Å². The van der Waals surface area contributed by atoms with Gasteiger partial charge in [-0.1, -0.05) is 67.6 Å². The van der Waals surface area contributed by atoms with Gasteiger partial charge < -0.3 is 0 Å². The molecule has 108 valence electrons. The van der Waals surface area contributed by atoms with Crippen molar-refractivity contribution in [3.05, 3.63) is 66.2 Å². The molecule has 0 heterocycles. The normalized spacial score (nSPS) is 23.4. The molecule has 2 heteroatoms. The van der Waals surface area contributed by atoms with E-state index in [0.717, 1.165) is 32.1 Å². The molecule has 0 spiro atoms. The minimum Gasteiger partial charge on any atom is -0.150 e. The number of rotatable bonds is 9. The number of nitroso groups, excluding NO2 is 1. The quantitative estimate of drug-likeness (QED) is 0.309. The fraction of sp³-hybridized carbons (Fsp3) is 0.444. The van der Waals surface area contributed by atoms with E-state index in [1.807, 2.05) is 18.2 Å². The molecule has 1 aliphatic carbocycles. The summed E-state index contributed by atoms with van der Waals surface area (Å²) in [5.74, 6) is 0. The molecule has 0 radical (unpaired) electrons. The van der Waals surface area contributed by atoms with Gasteiger partial charge in [0.2, 0.25) is 0 Å². The van der Waals surface area contributed by atoms with Crippen LogP contribution in [-0.4, -0.2) is 6.04 Å². The first kappa shape index (κ1) is 16.4. The Kier molecular flexibility index (Phi) is 6.92. The van der Waals surface area contributed by atoms with Gasteiger partial charge in [0.25, 0.3) is 0 Å². The maximum atomic E-state index is 10.9. The average molecular weight is 271 g/mol. The molecule has 2 nitrogen and oxygen atoms in total. The Morgan fingerprint density at radius 2 is 2.25 bits per heavy atom. The Balaban J connectivity index is 2.61. The molecule has 0 aromatic carbocycles. The summed E-state index contributed by atoms with van der Waals surface area (Å²) in [5, 5.41) is 3.23. The van der Waals surface area contributed by atoms with E-state index in [1.165, 1.54) is 5.57 Å². The number of unbranched alkanes of at least 4 members (excludes halogenated alkanes) is 2. The lowest BCUT2D eigenvalue weighted by molar-refractivity contribution is 0.523. The van der Waals surface area contributed by atoms with Crippen molar-refractivity contribution in [3.8, 4) is 0 Å². The molecule has 0 saturated heterocycles. The summed E-state index contributed by atoms with van der Waals surface area (Å²) in [5.41, 5.74) is 1.12. The second kappa shape index (κ2) is 8.47. The molecule has 0 aromatic heterocycles. The van der Waals surface area contributed by atoms with Gasteiger partial charge in [-0.15, -0.1) is 6.58 Å². The van der Waals surface area contributed by atoms with Crippen LogP contribution in [0.3, 0.4) is 0 Å². The Morgan fingerprint density at radius 3 is 2.90 bits per heavy atom. The highest BCUT2D eigenvalue weighted by atomic mass is 16.3. The molecule has 0 fully saturated rings. The fourth-order valence-electron chi connectivity index (χ4n) is 2.41. The molecule has 1 aliphatic rings. The van der Waals surface area contributed by atoms with Crippen LogP contribution < -0.4 is 0 Å². The van der Waals surface area contributed by atoms with Crippen molar-refractivity contribution in [1.29, 1.82) is 0 Å². The van der Waals surface area contributed by atoms with E-state index >= 15 is 0 Å². The van der Waals surface area contributed by atoms with E-state index in [-0.39, 0.29) is 11.5 Å². The first-order chi connectivity index (χ1) is 9.66. The lowest BCUT2D eigenvalue weighted by Gasteiger charge is -2.28. The van der Waals surface area contributed by atoms with Crippen molar-refractivity contribution in [2.45, 2.75) is 45.1 Å². The average Bonchev–Trinajstić information content (AvgIpc) is 2.47. The zero-order valence-corrected chi connectivity index (χ0v) is 12.4. The Labute approximate surface area is 122 Å². The third-order valence-corrected chi connectivity index (χ3v) is 3.81. The zero-order chi connectivity index (χ0) is 14.8. The SMILES string of the molecule is C=CCCCCC(/C=C/[C@@]1(C)CC=CC=C1C=C)N=O. The van der Waals surface area contributed by atoms with E-state index in [2.05, 4.69) is 49.6 Å². The highest BCUT2D eigenvalue weighted by molar-refractivity contribution is 5.37. The smallest absolute Gasteiger partial charge is 0.110 e. The summed E-state index contributed by atoms with van der Waals surface area (Å²) in [6, 6.07) is -0.228. The van der Waals surface area contributed by atoms with Crippen molar-refractivity contribution >= 4 is 0 Å². The maximum absolute atomic E-state index is 10.9. The van der Waals surface area contributed by atoms with Gasteiger partial charge in [-0.2, -0.15) is 4.91 Å². The van der Waals surface area contributed by atoms with E-state index < -0.39 is 0 Å². The third kappa shape index (κ3) is 4.76. The second-order valence-corrected chi connectivity index (χ2v) is 5.48. The predicted molar refractivity (Wildman–Crippen MR) is 87.5 cm³/mol. The highest BCUT2D eigenvalue weighted by Gasteiger charge is 2.24. The Hall–Kier alpha value is -1.70. The molecule has 20 heavy (non-hydrogen) atoms. The van der Waals surface area contributed by atoms with Crippen molar-refractivity contribution in [3.63, 3.8) is 0 Å². The molecular formula is C18H25NO. The van der Waals surface area contributed by atoms with Crippen LogP contribution in [-0.2, 0) is 0 Å². The van der Waals surface area contributed by atoms with E-state index in [1.54, 1.807) is 0 Å². The highest BCUT2D eigenvalue weighted by Crippen LogP contribution is 2.36. The summed E-state index contributed by atoms with van der Waals surface area (Å²) in [6.45, 7) is 9.73. The van der Waals surface area contributed by atoms with Crippen LogP contribution in [0.1, 0.15) is 39.0 Å². The second-order valence-electron chi connectivity index (χ2n) is 5.48. The predicted octanol–water partition coefficient (Wildman–Crippen LogP) is 5.50. The summed E-state index contributed by atoms with van der Waals surface area (Å²) in [7, 11) is 0. The molecule has 0 saturated carbocycles. The van der Waals surface area contributed by atoms with E-state index in [4.69, 9.17) is 0 Å². The van der Waals surface area contributed by atoms with Crippen LogP contribution in [0.25, 0.3) is 0 Å². The molecule has 2 atom stereocenters. The van der Waals surface area contributed by atoms with Crippen LogP contribution in [0.4, 0.5) is 0 Å². The van der Waals surface area contributed by atoms with Gasteiger partial charge in [0.15, 0.2) is 0 Å². The van der Waals surface area contributed by atoms with Gasteiger partial charge in [-0.3, -0.25) is 0 Å². The van der Waals surface area contributed by atoms with E-state index in [9.17, 15) is 4.91 Å². The topological polar surface area (TPSA) is 29.4 Å². The number of hydrogen-bond donors (Lipinski definition) is 0. The van der Waals surface area contributed by atoms with Crippen molar-refractivity contribution < 1.29 is 0 Å². The zero-order valence-electron chi connectivity index (χ0n) is 12.4. The molecule has 0 aromatic rings. The molecule has 0 bridgehead atoms. The molecule has 1 rings (SSSR count). The molecule has 1 unspecified atom stereocenters. The van der Waals surface area contributed by atoms with E-state index in [0.29, 0.717) is 0 Å². The number of hydrogen-bond acceptors (Lipinski definition) is 2. The summed E-state index contributed by atoms with van der Waals surface area (Å²) in [6.07, 6.45) is 19.0. The first-order valence-corrected chi connectivity index (χ1v) is 7.28. The minimum atomic E-state index is -0.228. The minimum absolute atomic E-state index is 0.0689. The van der Waals surface area contributed by atoms with Gasteiger partial charge in [-0.25, -0.2) is 0 Å². The molecular weight excluding hydrogens is 246 g/mol. The lowest BCUT2D eigenvalue weighted by Crippen LogP contribution is -2.17. The summed E-state index contributed by atoms with van der Waals surface area (Å²) in [4.78, 5) is 10.9. The maximum Gasteiger partial charge on any atom is 0.110 e. The third-order valence-electron chi connectivity index (χ3n) is 3.81. The molecule has 0 aliphatic heterocycles. The Morgan fingerprint density at radius 1 is 1.45 bits per heavy atom. The van der Waals surface area contributed by atoms with Gasteiger partial charge in [0.05, 0.1) is 0 Å². The summed E-state index contributed by atoms with van der Waals surface area (Å²) >= 11 is 0. The van der Waals surface area contributed by atoms with Crippen LogP contribution in [0.2, 0.25) is 0 Å². The monoisotopic (exact) mass is 271 g/mol. The largest absolute Gasteiger partial charge is 0.150 e. The van der Waals surface area contributed by atoms with Crippen molar-refractivity contribution in [1.82, 2.24) is 0 Å². The fourth-order valence-corrected chi connectivity index (χ4v) is 2.41. The Bertz CT molecular complexity index is 431. The summed E-state index contributed by atoms with van der Waals surface area (Å²) < 4.78 is 0. The molecule has 0 amide bonds. The van der Waals surface area contributed by atoms with Gasteiger partial charge in [0, 0.05) is 5.41 Å². The lowest BCUT2D eigenvalue weighted by atomic mass is 9.76. The van der Waals surface area contributed by atoms with Crippen molar-refractivity contribution in [2.24, 2.45) is 10.6 Å². The van der Waals surface area contributed by atoms with Gasteiger partial charge >= 0.3 is 0 Å². The van der Waals surface area contributed by atoms with Crippen molar-refractivity contribution in [2.75, 3.05) is 0 Å². The van der Waals surface area contributed by atoms with Crippen LogP contribution in [0.5, 0.6) is 0 Å². The number of nitrogens with zero attached hydrogens (tertiary/aromatic N) is 1. The van der Waals surface area contributed by atoms with Gasteiger partial charge in [0.1, 0.15) is 6.04 Å². The van der Waals surface area contributed by atoms with Gasteiger partial charge in [-0.05, 0) is 31.3 Å².